The molecule has 0 spiro atoms. The second-order valence-corrected chi connectivity index (χ2v) is 7.14. The lowest BCUT2D eigenvalue weighted by molar-refractivity contribution is 0.0463. The van der Waals surface area contributed by atoms with E-state index in [4.69, 9.17) is 0 Å². The molecule has 0 bridgehead atoms. The maximum Gasteiger partial charge on any atom is 0.272 e. The Hall–Kier alpha value is -2.21. The summed E-state index contributed by atoms with van der Waals surface area (Å²) >= 11 is 0. The fourth-order valence-electron chi connectivity index (χ4n) is 3.32. The van der Waals surface area contributed by atoms with E-state index in [1.165, 1.54) is 0 Å². The smallest absolute Gasteiger partial charge is 0.272 e. The monoisotopic (exact) mass is 341 g/mol. The predicted molar refractivity (Wildman–Crippen MR) is 97.3 cm³/mol. The van der Waals surface area contributed by atoms with Gasteiger partial charge in [-0.2, -0.15) is 5.10 Å². The molecule has 0 aromatic carbocycles. The van der Waals surface area contributed by atoms with Crippen LogP contribution in [0.4, 0.5) is 0 Å². The summed E-state index contributed by atoms with van der Waals surface area (Å²) in [4.78, 5) is 21.7. The van der Waals surface area contributed by atoms with Gasteiger partial charge in [0.15, 0.2) is 0 Å². The largest absolute Gasteiger partial charge is 0.332 e. The number of carbonyl (C=O) groups is 1. The molecule has 3 rings (SSSR count). The molecule has 1 saturated heterocycles. The van der Waals surface area contributed by atoms with Gasteiger partial charge in [0.25, 0.3) is 5.91 Å². The van der Waals surface area contributed by atoms with Crippen LogP contribution in [0.5, 0.6) is 0 Å². The lowest BCUT2D eigenvalue weighted by Gasteiger charge is -2.39. The van der Waals surface area contributed by atoms with E-state index in [9.17, 15) is 4.79 Å². The highest BCUT2D eigenvalue weighted by Crippen LogP contribution is 2.19. The number of hydrogen-bond acceptors (Lipinski definition) is 4. The Morgan fingerprint density at radius 1 is 1.32 bits per heavy atom. The number of aromatic nitrogens is 3. The summed E-state index contributed by atoms with van der Waals surface area (Å²) in [5.74, 6) is 0.396. The van der Waals surface area contributed by atoms with E-state index in [1.807, 2.05) is 42.4 Å². The number of hydrogen-bond donors (Lipinski definition) is 0. The summed E-state index contributed by atoms with van der Waals surface area (Å²) in [6.07, 6.45) is 1.83. The zero-order valence-electron chi connectivity index (χ0n) is 15.5. The van der Waals surface area contributed by atoms with Gasteiger partial charge in [-0.3, -0.25) is 19.4 Å². The van der Waals surface area contributed by atoms with Crippen LogP contribution in [0.15, 0.2) is 30.5 Å². The van der Waals surface area contributed by atoms with E-state index >= 15 is 0 Å². The molecule has 1 aliphatic heterocycles. The average molecular weight is 341 g/mol. The minimum absolute atomic E-state index is 0.0758. The van der Waals surface area contributed by atoms with Crippen molar-refractivity contribution in [3.63, 3.8) is 0 Å². The van der Waals surface area contributed by atoms with E-state index in [2.05, 4.69) is 35.8 Å². The van der Waals surface area contributed by atoms with Gasteiger partial charge in [0.1, 0.15) is 5.69 Å². The first-order chi connectivity index (χ1) is 12.0. The van der Waals surface area contributed by atoms with Gasteiger partial charge in [-0.25, -0.2) is 0 Å². The third-order valence-corrected chi connectivity index (χ3v) is 4.79. The lowest BCUT2D eigenvalue weighted by atomic mass is 10.1. The van der Waals surface area contributed by atoms with Crippen molar-refractivity contribution in [2.45, 2.75) is 39.3 Å². The Labute approximate surface area is 149 Å². The zero-order chi connectivity index (χ0) is 18.0. The summed E-state index contributed by atoms with van der Waals surface area (Å²) in [6, 6.07) is 8.09. The van der Waals surface area contributed by atoms with E-state index in [0.717, 1.165) is 37.6 Å². The Kier molecular flexibility index (Phi) is 5.18. The van der Waals surface area contributed by atoms with Crippen molar-refractivity contribution in [3.8, 4) is 0 Å². The van der Waals surface area contributed by atoms with E-state index in [1.54, 1.807) is 4.68 Å². The zero-order valence-corrected chi connectivity index (χ0v) is 15.5. The van der Waals surface area contributed by atoms with Crippen molar-refractivity contribution in [1.82, 2.24) is 24.6 Å². The van der Waals surface area contributed by atoms with Crippen LogP contribution in [-0.2, 0) is 13.6 Å². The number of nitrogens with zero attached hydrogens (tertiary/aromatic N) is 5. The standard InChI is InChI=1S/C19H27N5O/c1-14(2)17-11-18(22(4)21-17)19(25)24-10-9-23(12-15(24)3)13-16-7-5-6-8-20-16/h5-8,11,14-15H,9-10,12-13H2,1-4H3/t15-/m1/s1. The molecule has 134 valence electrons. The van der Waals surface area contributed by atoms with Gasteiger partial charge < -0.3 is 4.90 Å². The summed E-state index contributed by atoms with van der Waals surface area (Å²) < 4.78 is 1.71. The highest BCUT2D eigenvalue weighted by atomic mass is 16.2. The first-order valence-electron chi connectivity index (χ1n) is 8.93. The molecule has 0 radical (unpaired) electrons. The van der Waals surface area contributed by atoms with Crippen molar-refractivity contribution < 1.29 is 4.79 Å². The quantitative estimate of drug-likeness (QED) is 0.856. The van der Waals surface area contributed by atoms with Crippen LogP contribution < -0.4 is 0 Å². The number of pyridine rings is 1. The Morgan fingerprint density at radius 3 is 2.72 bits per heavy atom. The SMILES string of the molecule is CC(C)c1cc(C(=O)N2CCN(Cc3ccccn3)C[C@H]2C)n(C)n1. The molecular formula is C19H27N5O. The van der Waals surface area contributed by atoms with Crippen molar-refractivity contribution in [2.75, 3.05) is 19.6 Å². The van der Waals surface area contributed by atoms with Crippen molar-refractivity contribution in [3.05, 3.63) is 47.5 Å². The van der Waals surface area contributed by atoms with E-state index in [0.29, 0.717) is 11.6 Å². The maximum absolute atomic E-state index is 13.0. The van der Waals surface area contributed by atoms with Crippen LogP contribution in [0.25, 0.3) is 0 Å². The normalized spacial score (nSPS) is 18.8. The fourth-order valence-corrected chi connectivity index (χ4v) is 3.32. The summed E-state index contributed by atoms with van der Waals surface area (Å²) in [5.41, 5.74) is 2.71. The Balaban J connectivity index is 1.66. The summed E-state index contributed by atoms with van der Waals surface area (Å²) in [6.45, 7) is 9.58. The molecule has 1 fully saturated rings. The second kappa shape index (κ2) is 7.35. The minimum Gasteiger partial charge on any atom is -0.332 e. The fraction of sp³-hybridized carbons (Fsp3) is 0.526. The van der Waals surface area contributed by atoms with Crippen LogP contribution in [0.2, 0.25) is 0 Å². The van der Waals surface area contributed by atoms with Crippen LogP contribution in [0.1, 0.15) is 48.6 Å². The molecule has 0 aliphatic carbocycles. The van der Waals surface area contributed by atoms with Gasteiger partial charge >= 0.3 is 0 Å². The molecule has 0 unspecified atom stereocenters. The van der Waals surface area contributed by atoms with Crippen LogP contribution >= 0.6 is 0 Å². The Morgan fingerprint density at radius 2 is 2.12 bits per heavy atom. The number of aryl methyl sites for hydroxylation is 1. The highest BCUT2D eigenvalue weighted by Gasteiger charge is 2.30. The number of rotatable bonds is 4. The molecule has 3 heterocycles. The molecule has 6 nitrogen and oxygen atoms in total. The topological polar surface area (TPSA) is 54.3 Å². The van der Waals surface area contributed by atoms with Gasteiger partial charge in [-0.15, -0.1) is 0 Å². The van der Waals surface area contributed by atoms with Crippen LogP contribution in [0, 0.1) is 0 Å². The second-order valence-electron chi connectivity index (χ2n) is 7.14. The number of piperazine rings is 1. The van der Waals surface area contributed by atoms with Gasteiger partial charge in [0.2, 0.25) is 0 Å². The Bertz CT molecular complexity index is 725. The summed E-state index contributed by atoms with van der Waals surface area (Å²) in [7, 11) is 1.85. The molecule has 0 N–H and O–H groups in total. The maximum atomic E-state index is 13.0. The molecule has 25 heavy (non-hydrogen) atoms. The number of amides is 1. The molecule has 1 atom stereocenters. The van der Waals surface area contributed by atoms with Crippen molar-refractivity contribution in [1.29, 1.82) is 0 Å². The van der Waals surface area contributed by atoms with E-state index in [-0.39, 0.29) is 11.9 Å². The molecule has 0 saturated carbocycles. The van der Waals surface area contributed by atoms with Gasteiger partial charge in [0.05, 0.1) is 11.4 Å². The third-order valence-electron chi connectivity index (χ3n) is 4.79. The van der Waals surface area contributed by atoms with Crippen molar-refractivity contribution >= 4 is 5.91 Å². The van der Waals surface area contributed by atoms with Crippen LogP contribution in [0.3, 0.4) is 0 Å². The average Bonchev–Trinajstić information content (AvgIpc) is 2.97. The van der Waals surface area contributed by atoms with Gasteiger partial charge in [-0.1, -0.05) is 19.9 Å². The molecular weight excluding hydrogens is 314 g/mol. The summed E-state index contributed by atoms with van der Waals surface area (Å²) in [5, 5.41) is 4.47. The first kappa shape index (κ1) is 17.6. The molecule has 2 aromatic rings. The molecule has 1 aliphatic rings. The molecule has 1 amide bonds. The van der Waals surface area contributed by atoms with Gasteiger partial charge in [0, 0.05) is 45.5 Å². The highest BCUT2D eigenvalue weighted by molar-refractivity contribution is 5.93. The predicted octanol–water partition coefficient (Wildman–Crippen LogP) is 2.29. The van der Waals surface area contributed by atoms with Crippen LogP contribution in [-0.4, -0.2) is 56.1 Å². The molecule has 6 heteroatoms. The minimum atomic E-state index is 0.0758. The first-order valence-corrected chi connectivity index (χ1v) is 8.93. The van der Waals surface area contributed by atoms with Gasteiger partial charge in [-0.05, 0) is 31.0 Å². The lowest BCUT2D eigenvalue weighted by Crippen LogP contribution is -2.53. The van der Waals surface area contributed by atoms with Crippen molar-refractivity contribution in [2.24, 2.45) is 7.05 Å². The molecule has 2 aromatic heterocycles. The third kappa shape index (κ3) is 3.90. The number of carbonyl (C=O) groups excluding carboxylic acids is 1. The van der Waals surface area contributed by atoms with E-state index < -0.39 is 0 Å².